The van der Waals surface area contributed by atoms with Gasteiger partial charge in [-0.15, -0.1) is 30.6 Å². The Morgan fingerprint density at radius 3 is 1.42 bits per heavy atom. The van der Waals surface area contributed by atoms with Gasteiger partial charge in [0.25, 0.3) is 0 Å². The highest BCUT2D eigenvalue weighted by atomic mass is 15.6. The zero-order valence-electron chi connectivity index (χ0n) is 23.5. The highest BCUT2D eigenvalue weighted by Crippen LogP contribution is 2.06. The van der Waals surface area contributed by atoms with Gasteiger partial charge >= 0.3 is 0 Å². The van der Waals surface area contributed by atoms with Crippen molar-refractivity contribution in [1.82, 2.24) is 80.8 Å². The number of nitrogens with zero attached hydrogens (tertiary/aromatic N) is 16. The Bertz CT molecular complexity index is 1030. The van der Waals surface area contributed by atoms with E-state index in [1.54, 1.807) is 21.2 Å². The van der Waals surface area contributed by atoms with Gasteiger partial charge in [-0.3, -0.25) is 0 Å². The Balaban J connectivity index is 0. The second-order valence-electron chi connectivity index (χ2n) is 9.12. The molecule has 0 saturated carbocycles. The number of aromatic nitrogens is 16. The SMILES string of the molecule is C.C.CC(C)c1nnn(C)n1.CC(C)c1nnnn1C.Cc1nnn(C(C)C)n1.Cc1nnnn1C(C)C. The van der Waals surface area contributed by atoms with Gasteiger partial charge in [-0.05, 0) is 72.8 Å². The average Bonchev–Trinajstić information content (AvgIpc) is 3.58. The molecule has 16 nitrogen and oxygen atoms in total. The Morgan fingerprint density at radius 2 is 1.21 bits per heavy atom. The third-order valence-electron chi connectivity index (χ3n) is 4.35. The number of rotatable bonds is 4. The smallest absolute Gasteiger partial charge is 0.177 e. The van der Waals surface area contributed by atoms with E-state index in [1.165, 1.54) is 4.80 Å². The topological polar surface area (TPSA) is 174 Å². The summed E-state index contributed by atoms with van der Waals surface area (Å²) in [6.07, 6.45) is 0. The van der Waals surface area contributed by atoms with E-state index in [0.29, 0.717) is 23.9 Å². The van der Waals surface area contributed by atoms with Crippen molar-refractivity contribution in [3.8, 4) is 0 Å². The minimum Gasteiger partial charge on any atom is -0.232 e. The normalized spacial score (nSPS) is 10.1. The molecule has 0 atom stereocenters. The van der Waals surface area contributed by atoms with Crippen LogP contribution in [-0.2, 0) is 14.1 Å². The predicted octanol–water partition coefficient (Wildman–Crippen LogP) is 3.06. The van der Waals surface area contributed by atoms with Crippen LogP contribution < -0.4 is 0 Å². The minimum atomic E-state index is 0. The molecule has 0 aliphatic heterocycles. The van der Waals surface area contributed by atoms with Crippen molar-refractivity contribution in [1.29, 1.82) is 0 Å². The molecule has 38 heavy (non-hydrogen) atoms. The molecule has 0 spiro atoms. The fourth-order valence-electron chi connectivity index (χ4n) is 2.49. The fourth-order valence-corrected chi connectivity index (χ4v) is 2.49. The first-order valence-corrected chi connectivity index (χ1v) is 11.8. The molecule has 0 unspecified atom stereocenters. The Morgan fingerprint density at radius 1 is 0.605 bits per heavy atom. The van der Waals surface area contributed by atoms with Crippen molar-refractivity contribution in [2.24, 2.45) is 14.1 Å². The van der Waals surface area contributed by atoms with Crippen LogP contribution in [0.25, 0.3) is 0 Å². The fraction of sp³-hybridized carbons (Fsp3) is 0.818. The zero-order chi connectivity index (χ0) is 27.4. The summed E-state index contributed by atoms with van der Waals surface area (Å²) in [6, 6.07) is 0.672. The Kier molecular flexibility index (Phi) is 17.0. The molecule has 16 heteroatoms. The molecule has 4 aromatic rings. The Hall–Kier alpha value is -3.72. The van der Waals surface area contributed by atoms with Crippen LogP contribution in [0.15, 0.2) is 0 Å². The van der Waals surface area contributed by atoms with Crippen LogP contribution in [0.2, 0.25) is 0 Å². The molecule has 0 aliphatic rings. The lowest BCUT2D eigenvalue weighted by atomic mass is 10.2. The first kappa shape index (κ1) is 36.4. The number of aryl methyl sites for hydroxylation is 4. The molecule has 4 rings (SSSR count). The molecular formula is C22H48N16. The van der Waals surface area contributed by atoms with Gasteiger partial charge in [-0.25, -0.2) is 9.36 Å². The van der Waals surface area contributed by atoms with Gasteiger partial charge in [-0.1, -0.05) is 42.5 Å². The molecular weight excluding hydrogens is 488 g/mol. The third kappa shape index (κ3) is 12.5. The summed E-state index contributed by atoms with van der Waals surface area (Å²) in [5.74, 6) is 4.10. The molecule has 216 valence electrons. The standard InChI is InChI=1S/4C5H10N4.2CH4/c1-4(2)5-6-7-8-9(5)3;1-4(2)5-6-8-9(3)7-5;1-4(2)9-5(3)6-7-8-9;1-4(2)9-7-5(3)6-8-9;;/h4*4H,1-3H3;2*1H4. The van der Waals surface area contributed by atoms with Crippen LogP contribution in [0.3, 0.4) is 0 Å². The van der Waals surface area contributed by atoms with Crippen molar-refractivity contribution in [2.45, 2.75) is 108 Å². The van der Waals surface area contributed by atoms with Crippen LogP contribution in [-0.4, -0.2) is 80.8 Å². The van der Waals surface area contributed by atoms with E-state index >= 15 is 0 Å². The molecule has 0 aromatic carbocycles. The van der Waals surface area contributed by atoms with Crippen LogP contribution in [0.1, 0.15) is 117 Å². The van der Waals surface area contributed by atoms with Crippen LogP contribution in [0.4, 0.5) is 0 Å². The maximum atomic E-state index is 4.00. The second kappa shape index (κ2) is 17.7. The highest BCUT2D eigenvalue weighted by Gasteiger charge is 2.05. The van der Waals surface area contributed by atoms with Crippen molar-refractivity contribution >= 4 is 0 Å². The molecule has 0 N–H and O–H groups in total. The van der Waals surface area contributed by atoms with E-state index in [2.05, 4.69) is 75.7 Å². The summed E-state index contributed by atoms with van der Waals surface area (Å²) in [7, 11) is 3.61. The average molecular weight is 537 g/mol. The lowest BCUT2D eigenvalue weighted by Gasteiger charge is -2.02. The summed E-state index contributed by atoms with van der Waals surface area (Å²) < 4.78 is 3.46. The van der Waals surface area contributed by atoms with E-state index in [4.69, 9.17) is 0 Å². The lowest BCUT2D eigenvalue weighted by molar-refractivity contribution is 0.454. The third-order valence-corrected chi connectivity index (χ3v) is 4.35. The Labute approximate surface area is 226 Å². The van der Waals surface area contributed by atoms with Crippen LogP contribution >= 0.6 is 0 Å². The first-order chi connectivity index (χ1) is 16.8. The maximum absolute atomic E-state index is 4.00. The first-order valence-electron chi connectivity index (χ1n) is 11.8. The van der Waals surface area contributed by atoms with E-state index in [1.807, 2.05) is 62.4 Å². The van der Waals surface area contributed by atoms with E-state index < -0.39 is 0 Å². The molecule has 4 aromatic heterocycles. The number of hydrogen-bond donors (Lipinski definition) is 0. The predicted molar refractivity (Wildman–Crippen MR) is 145 cm³/mol. The van der Waals surface area contributed by atoms with E-state index in [-0.39, 0.29) is 14.9 Å². The summed E-state index contributed by atoms with van der Waals surface area (Å²) in [5, 5.41) is 45.1. The number of hydrogen-bond acceptors (Lipinski definition) is 12. The maximum Gasteiger partial charge on any atom is 0.177 e. The summed E-state index contributed by atoms with van der Waals surface area (Å²) >= 11 is 0. The number of tetrazole rings is 4. The molecule has 0 aliphatic carbocycles. The van der Waals surface area contributed by atoms with Crippen molar-refractivity contribution in [3.63, 3.8) is 0 Å². The van der Waals surface area contributed by atoms with Gasteiger partial charge in [0.05, 0.1) is 19.1 Å². The minimum absolute atomic E-state index is 0. The lowest BCUT2D eigenvalue weighted by Crippen LogP contribution is -2.04. The summed E-state index contributed by atoms with van der Waals surface area (Å²) in [5.41, 5.74) is 0. The quantitative estimate of drug-likeness (QED) is 0.373. The van der Waals surface area contributed by atoms with Gasteiger partial charge in [0.1, 0.15) is 5.82 Å². The highest BCUT2D eigenvalue weighted by molar-refractivity contribution is 4.86. The molecule has 0 bridgehead atoms. The van der Waals surface area contributed by atoms with Crippen LogP contribution in [0.5, 0.6) is 0 Å². The molecule has 0 radical (unpaired) electrons. The van der Waals surface area contributed by atoms with Gasteiger partial charge < -0.3 is 0 Å². The van der Waals surface area contributed by atoms with Crippen molar-refractivity contribution < 1.29 is 0 Å². The van der Waals surface area contributed by atoms with Crippen molar-refractivity contribution in [3.05, 3.63) is 23.3 Å². The molecule has 0 amide bonds. The van der Waals surface area contributed by atoms with Crippen LogP contribution in [0, 0.1) is 13.8 Å². The van der Waals surface area contributed by atoms with Gasteiger partial charge in [0, 0.05) is 18.9 Å². The zero-order valence-corrected chi connectivity index (χ0v) is 23.5. The molecule has 4 heterocycles. The van der Waals surface area contributed by atoms with E-state index in [9.17, 15) is 0 Å². The summed E-state index contributed by atoms with van der Waals surface area (Å²) in [6.45, 7) is 20.0. The van der Waals surface area contributed by atoms with Gasteiger partial charge in [0.15, 0.2) is 17.5 Å². The largest absolute Gasteiger partial charge is 0.232 e. The van der Waals surface area contributed by atoms with Gasteiger partial charge in [0.2, 0.25) is 0 Å². The van der Waals surface area contributed by atoms with Crippen molar-refractivity contribution in [2.75, 3.05) is 0 Å². The second-order valence-corrected chi connectivity index (χ2v) is 9.12. The molecule has 0 saturated heterocycles. The summed E-state index contributed by atoms with van der Waals surface area (Å²) in [4.78, 5) is 3.06. The molecule has 0 fully saturated rings. The monoisotopic (exact) mass is 536 g/mol. The van der Waals surface area contributed by atoms with E-state index in [0.717, 1.165) is 23.3 Å². The van der Waals surface area contributed by atoms with Gasteiger partial charge in [-0.2, -0.15) is 9.59 Å².